The van der Waals surface area contributed by atoms with Crippen LogP contribution in [0.2, 0.25) is 0 Å². The number of ether oxygens (including phenoxy) is 1. The van der Waals surface area contributed by atoms with E-state index >= 15 is 0 Å². The van der Waals surface area contributed by atoms with Gasteiger partial charge >= 0.3 is 6.03 Å². The van der Waals surface area contributed by atoms with E-state index in [0.717, 1.165) is 28.8 Å². The summed E-state index contributed by atoms with van der Waals surface area (Å²) in [7, 11) is 0. The standard InChI is InChI=1S/C11H15BrN2O2S/c12-8-4-10(17-7-8)6-14-11(15)13-5-9-2-1-3-16-9/h4,7,9H,1-3,5-6H2,(H2,13,14,15). The number of rotatable bonds is 4. The summed E-state index contributed by atoms with van der Waals surface area (Å²) in [5.74, 6) is 0. The maximum Gasteiger partial charge on any atom is 0.315 e. The average molecular weight is 319 g/mol. The van der Waals surface area contributed by atoms with Crippen molar-refractivity contribution in [1.82, 2.24) is 10.6 Å². The summed E-state index contributed by atoms with van der Waals surface area (Å²) in [6, 6.07) is 1.87. The lowest BCUT2D eigenvalue weighted by Gasteiger charge is -2.11. The largest absolute Gasteiger partial charge is 0.376 e. The molecule has 2 amide bonds. The summed E-state index contributed by atoms with van der Waals surface area (Å²) in [6.45, 7) is 1.98. The lowest BCUT2D eigenvalue weighted by Crippen LogP contribution is -2.39. The van der Waals surface area contributed by atoms with Crippen LogP contribution in [0.25, 0.3) is 0 Å². The molecule has 0 aromatic carbocycles. The SMILES string of the molecule is O=C(NCc1cc(Br)cs1)NCC1CCCO1. The smallest absolute Gasteiger partial charge is 0.315 e. The number of nitrogens with one attached hydrogen (secondary N) is 2. The van der Waals surface area contributed by atoms with E-state index in [-0.39, 0.29) is 12.1 Å². The second kappa shape index (κ2) is 6.37. The summed E-state index contributed by atoms with van der Waals surface area (Å²) in [4.78, 5) is 12.6. The van der Waals surface area contributed by atoms with Gasteiger partial charge in [0.2, 0.25) is 0 Å². The van der Waals surface area contributed by atoms with Crippen molar-refractivity contribution < 1.29 is 9.53 Å². The molecule has 1 aromatic rings. The van der Waals surface area contributed by atoms with E-state index in [4.69, 9.17) is 4.74 Å². The predicted octanol–water partition coefficient (Wildman–Crippen LogP) is 2.49. The Morgan fingerprint density at radius 3 is 3.12 bits per heavy atom. The molecule has 2 N–H and O–H groups in total. The van der Waals surface area contributed by atoms with Gasteiger partial charge in [0.1, 0.15) is 0 Å². The number of thiophene rings is 1. The molecule has 2 rings (SSSR count). The molecular weight excluding hydrogens is 304 g/mol. The summed E-state index contributed by atoms with van der Waals surface area (Å²) < 4.78 is 6.48. The maximum atomic E-state index is 11.5. The van der Waals surface area contributed by atoms with Gasteiger partial charge in [-0.1, -0.05) is 0 Å². The van der Waals surface area contributed by atoms with Crippen LogP contribution in [0, 0.1) is 0 Å². The number of amides is 2. The van der Waals surface area contributed by atoms with E-state index in [1.54, 1.807) is 11.3 Å². The molecule has 4 nitrogen and oxygen atoms in total. The molecule has 1 unspecified atom stereocenters. The molecule has 0 spiro atoms. The van der Waals surface area contributed by atoms with Gasteiger partial charge in [-0.3, -0.25) is 0 Å². The molecule has 1 aromatic heterocycles. The lowest BCUT2D eigenvalue weighted by molar-refractivity contribution is 0.111. The fourth-order valence-electron chi connectivity index (χ4n) is 1.69. The Bertz CT molecular complexity index is 377. The summed E-state index contributed by atoms with van der Waals surface area (Å²) >= 11 is 5.00. The number of urea groups is 1. The second-order valence-electron chi connectivity index (χ2n) is 3.93. The molecule has 0 saturated carbocycles. The van der Waals surface area contributed by atoms with E-state index in [0.29, 0.717) is 13.1 Å². The Kier molecular flexibility index (Phi) is 4.82. The molecule has 2 heterocycles. The van der Waals surface area contributed by atoms with Gasteiger partial charge in [-0.25, -0.2) is 4.79 Å². The Morgan fingerprint density at radius 2 is 2.47 bits per heavy atom. The zero-order valence-corrected chi connectivity index (χ0v) is 11.8. The first-order chi connectivity index (χ1) is 8.24. The molecule has 1 atom stereocenters. The minimum atomic E-state index is -0.134. The lowest BCUT2D eigenvalue weighted by atomic mass is 10.2. The van der Waals surface area contributed by atoms with Gasteiger partial charge in [0.05, 0.1) is 12.6 Å². The van der Waals surface area contributed by atoms with Crippen LogP contribution in [0.3, 0.4) is 0 Å². The quantitative estimate of drug-likeness (QED) is 0.896. The van der Waals surface area contributed by atoms with Gasteiger partial charge in [-0.05, 0) is 34.8 Å². The number of carbonyl (C=O) groups excluding carboxylic acids is 1. The highest BCUT2D eigenvalue weighted by molar-refractivity contribution is 9.10. The van der Waals surface area contributed by atoms with Crippen molar-refractivity contribution in [1.29, 1.82) is 0 Å². The topological polar surface area (TPSA) is 50.4 Å². The highest BCUT2D eigenvalue weighted by Crippen LogP contribution is 2.19. The van der Waals surface area contributed by atoms with Crippen molar-refractivity contribution in [2.45, 2.75) is 25.5 Å². The molecule has 17 heavy (non-hydrogen) atoms. The summed E-state index contributed by atoms with van der Waals surface area (Å²) in [5, 5.41) is 7.64. The van der Waals surface area contributed by atoms with E-state index in [9.17, 15) is 4.79 Å². The fraction of sp³-hybridized carbons (Fsp3) is 0.545. The molecule has 1 saturated heterocycles. The Hall–Kier alpha value is -0.590. The van der Waals surface area contributed by atoms with Crippen LogP contribution in [0.15, 0.2) is 15.9 Å². The van der Waals surface area contributed by atoms with E-state index in [1.165, 1.54) is 0 Å². The van der Waals surface area contributed by atoms with Crippen molar-refractivity contribution >= 4 is 33.3 Å². The predicted molar refractivity (Wildman–Crippen MR) is 71.2 cm³/mol. The molecule has 0 bridgehead atoms. The fourth-order valence-corrected chi connectivity index (χ4v) is 3.08. The first-order valence-corrected chi connectivity index (χ1v) is 7.27. The minimum absolute atomic E-state index is 0.134. The van der Waals surface area contributed by atoms with Gasteiger partial charge in [-0.15, -0.1) is 11.3 Å². The number of carbonyl (C=O) groups is 1. The average Bonchev–Trinajstić information content (AvgIpc) is 2.95. The third-order valence-electron chi connectivity index (χ3n) is 2.56. The highest BCUT2D eigenvalue weighted by Gasteiger charge is 2.15. The van der Waals surface area contributed by atoms with Crippen molar-refractivity contribution in [2.24, 2.45) is 0 Å². The Morgan fingerprint density at radius 1 is 1.59 bits per heavy atom. The van der Waals surface area contributed by atoms with E-state index < -0.39 is 0 Å². The summed E-state index contributed by atoms with van der Waals surface area (Å²) in [6.07, 6.45) is 2.33. The van der Waals surface area contributed by atoms with Gasteiger partial charge in [-0.2, -0.15) is 0 Å². The van der Waals surface area contributed by atoms with Crippen LogP contribution < -0.4 is 10.6 Å². The van der Waals surface area contributed by atoms with Crippen LogP contribution in [0.1, 0.15) is 17.7 Å². The van der Waals surface area contributed by atoms with Crippen LogP contribution in [-0.4, -0.2) is 25.3 Å². The third-order valence-corrected chi connectivity index (χ3v) is 4.26. The normalized spacial score (nSPS) is 19.2. The highest BCUT2D eigenvalue weighted by atomic mass is 79.9. The zero-order chi connectivity index (χ0) is 12.1. The van der Waals surface area contributed by atoms with Crippen LogP contribution in [0.5, 0.6) is 0 Å². The van der Waals surface area contributed by atoms with Gasteiger partial charge in [0.25, 0.3) is 0 Å². The van der Waals surface area contributed by atoms with Gasteiger partial charge in [0.15, 0.2) is 0 Å². The number of hydrogen-bond acceptors (Lipinski definition) is 3. The molecule has 0 aliphatic carbocycles. The number of hydrogen-bond donors (Lipinski definition) is 2. The monoisotopic (exact) mass is 318 g/mol. The molecule has 0 radical (unpaired) electrons. The van der Waals surface area contributed by atoms with Crippen LogP contribution >= 0.6 is 27.3 Å². The third kappa shape index (κ3) is 4.29. The van der Waals surface area contributed by atoms with Crippen molar-refractivity contribution in [3.8, 4) is 0 Å². The summed E-state index contributed by atoms with van der Waals surface area (Å²) in [5.41, 5.74) is 0. The Labute approximate surface area is 113 Å². The van der Waals surface area contributed by atoms with Gasteiger partial charge in [0, 0.05) is 27.9 Å². The first kappa shape index (κ1) is 12.9. The van der Waals surface area contributed by atoms with Crippen molar-refractivity contribution in [3.63, 3.8) is 0 Å². The second-order valence-corrected chi connectivity index (χ2v) is 5.84. The Balaban J connectivity index is 1.63. The maximum absolute atomic E-state index is 11.5. The molecule has 1 aliphatic heterocycles. The molecule has 1 aliphatic rings. The first-order valence-electron chi connectivity index (χ1n) is 5.60. The number of halogens is 1. The zero-order valence-electron chi connectivity index (χ0n) is 9.37. The molecule has 6 heteroatoms. The van der Waals surface area contributed by atoms with E-state index in [2.05, 4.69) is 26.6 Å². The van der Waals surface area contributed by atoms with Crippen molar-refractivity contribution in [2.75, 3.05) is 13.2 Å². The van der Waals surface area contributed by atoms with E-state index in [1.807, 2.05) is 11.4 Å². The van der Waals surface area contributed by atoms with Gasteiger partial charge < -0.3 is 15.4 Å². The minimum Gasteiger partial charge on any atom is -0.376 e. The molecule has 94 valence electrons. The van der Waals surface area contributed by atoms with Crippen LogP contribution in [0.4, 0.5) is 4.79 Å². The van der Waals surface area contributed by atoms with Crippen molar-refractivity contribution in [3.05, 3.63) is 20.8 Å². The molecular formula is C11H15BrN2O2S. The molecule has 1 fully saturated rings. The van der Waals surface area contributed by atoms with Crippen LogP contribution in [-0.2, 0) is 11.3 Å².